The molecule has 4 heteroatoms. The van der Waals surface area contributed by atoms with Gasteiger partial charge in [-0.3, -0.25) is 4.79 Å². The number of amides is 1. The summed E-state index contributed by atoms with van der Waals surface area (Å²) in [6.45, 7) is 4.29. The first-order chi connectivity index (χ1) is 7.45. The molecule has 0 aliphatic heterocycles. The van der Waals surface area contributed by atoms with Crippen LogP contribution < -0.4 is 11.1 Å². The molecule has 0 aromatic heterocycles. The van der Waals surface area contributed by atoms with E-state index < -0.39 is 0 Å². The molecule has 1 rings (SSSR count). The Morgan fingerprint density at radius 3 is 2.75 bits per heavy atom. The van der Waals surface area contributed by atoms with Gasteiger partial charge in [-0.05, 0) is 17.7 Å². The summed E-state index contributed by atoms with van der Waals surface area (Å²) in [6.07, 6.45) is 0. The Morgan fingerprint density at radius 1 is 1.50 bits per heavy atom. The number of carbonyl (C=O) groups is 1. The molecule has 88 valence electrons. The van der Waals surface area contributed by atoms with Crippen molar-refractivity contribution in [1.82, 2.24) is 5.32 Å². The molecule has 0 heterocycles. The van der Waals surface area contributed by atoms with Crippen LogP contribution in [0.15, 0.2) is 24.3 Å². The zero-order chi connectivity index (χ0) is 12.2. The van der Waals surface area contributed by atoms with Crippen molar-refractivity contribution in [2.75, 3.05) is 13.1 Å². The molecule has 16 heavy (non-hydrogen) atoms. The topological polar surface area (TPSA) is 55.1 Å². The van der Waals surface area contributed by atoms with Crippen LogP contribution in [0, 0.1) is 5.82 Å². The van der Waals surface area contributed by atoms with Gasteiger partial charge in [-0.2, -0.15) is 0 Å². The van der Waals surface area contributed by atoms with Crippen molar-refractivity contribution >= 4 is 5.91 Å². The van der Waals surface area contributed by atoms with Gasteiger partial charge >= 0.3 is 0 Å². The summed E-state index contributed by atoms with van der Waals surface area (Å²) in [6, 6.07) is 6.39. The van der Waals surface area contributed by atoms with Crippen molar-refractivity contribution in [3.63, 3.8) is 0 Å². The SMILES string of the molecule is CC(C)(CNC(=O)CN)c1cccc(F)c1. The summed E-state index contributed by atoms with van der Waals surface area (Å²) < 4.78 is 13.1. The Balaban J connectivity index is 2.73. The van der Waals surface area contributed by atoms with E-state index in [1.807, 2.05) is 19.9 Å². The first kappa shape index (κ1) is 12.6. The van der Waals surface area contributed by atoms with Gasteiger partial charge in [0.2, 0.25) is 5.91 Å². The third-order valence-electron chi connectivity index (χ3n) is 2.52. The van der Waals surface area contributed by atoms with Gasteiger partial charge in [0.1, 0.15) is 5.82 Å². The first-order valence-corrected chi connectivity index (χ1v) is 5.18. The standard InChI is InChI=1S/C12H17FN2O/c1-12(2,8-15-11(16)7-14)9-4-3-5-10(13)6-9/h3-6H,7-8,14H2,1-2H3,(H,15,16). The van der Waals surface area contributed by atoms with Crippen LogP contribution in [-0.4, -0.2) is 19.0 Å². The number of rotatable bonds is 4. The quantitative estimate of drug-likeness (QED) is 0.806. The molecule has 3 N–H and O–H groups in total. The lowest BCUT2D eigenvalue weighted by atomic mass is 9.84. The van der Waals surface area contributed by atoms with Gasteiger partial charge < -0.3 is 11.1 Å². The fourth-order valence-corrected chi connectivity index (χ4v) is 1.40. The van der Waals surface area contributed by atoms with Crippen LogP contribution in [0.5, 0.6) is 0 Å². The van der Waals surface area contributed by atoms with E-state index in [1.54, 1.807) is 6.07 Å². The molecule has 0 atom stereocenters. The largest absolute Gasteiger partial charge is 0.354 e. The van der Waals surface area contributed by atoms with Crippen LogP contribution in [0.2, 0.25) is 0 Å². The molecule has 1 amide bonds. The van der Waals surface area contributed by atoms with Crippen LogP contribution in [0.3, 0.4) is 0 Å². The Morgan fingerprint density at radius 2 is 2.19 bits per heavy atom. The van der Waals surface area contributed by atoms with Gasteiger partial charge in [0.15, 0.2) is 0 Å². The van der Waals surface area contributed by atoms with Gasteiger partial charge in [-0.25, -0.2) is 4.39 Å². The minimum absolute atomic E-state index is 0.0285. The molecule has 0 bridgehead atoms. The maximum atomic E-state index is 13.1. The van der Waals surface area contributed by atoms with Crippen molar-refractivity contribution in [3.8, 4) is 0 Å². The van der Waals surface area contributed by atoms with Crippen LogP contribution in [0.1, 0.15) is 19.4 Å². The fourth-order valence-electron chi connectivity index (χ4n) is 1.40. The summed E-state index contributed by atoms with van der Waals surface area (Å²) in [4.78, 5) is 11.0. The minimum Gasteiger partial charge on any atom is -0.354 e. The van der Waals surface area contributed by atoms with Gasteiger partial charge in [0.05, 0.1) is 6.54 Å². The summed E-state index contributed by atoms with van der Waals surface area (Å²) in [5, 5.41) is 2.70. The fraction of sp³-hybridized carbons (Fsp3) is 0.417. The summed E-state index contributed by atoms with van der Waals surface area (Å²) >= 11 is 0. The molecule has 0 fully saturated rings. The molecule has 1 aromatic rings. The number of benzene rings is 1. The van der Waals surface area contributed by atoms with Crippen molar-refractivity contribution in [1.29, 1.82) is 0 Å². The predicted octanol–water partition coefficient (Wildman–Crippen LogP) is 1.18. The predicted molar refractivity (Wildman–Crippen MR) is 61.5 cm³/mol. The minimum atomic E-state index is -0.313. The molecule has 0 spiro atoms. The smallest absolute Gasteiger partial charge is 0.233 e. The highest BCUT2D eigenvalue weighted by molar-refractivity contribution is 5.77. The van der Waals surface area contributed by atoms with Crippen LogP contribution in [0.4, 0.5) is 4.39 Å². The van der Waals surface area contributed by atoms with E-state index in [4.69, 9.17) is 5.73 Å². The highest BCUT2D eigenvalue weighted by Gasteiger charge is 2.21. The lowest BCUT2D eigenvalue weighted by molar-refractivity contribution is -0.119. The maximum Gasteiger partial charge on any atom is 0.233 e. The van der Waals surface area contributed by atoms with Crippen molar-refractivity contribution in [2.24, 2.45) is 5.73 Å². The average Bonchev–Trinajstić information content (AvgIpc) is 2.26. The Hall–Kier alpha value is -1.42. The summed E-state index contributed by atoms with van der Waals surface area (Å²) in [5.74, 6) is -0.472. The highest BCUT2D eigenvalue weighted by atomic mass is 19.1. The number of carbonyl (C=O) groups excluding carboxylic acids is 1. The highest BCUT2D eigenvalue weighted by Crippen LogP contribution is 2.22. The molecule has 1 aromatic carbocycles. The van der Waals surface area contributed by atoms with Gasteiger partial charge in [0, 0.05) is 12.0 Å². The van der Waals surface area contributed by atoms with Crippen molar-refractivity contribution in [3.05, 3.63) is 35.6 Å². The van der Waals surface area contributed by atoms with E-state index in [9.17, 15) is 9.18 Å². The zero-order valence-corrected chi connectivity index (χ0v) is 9.59. The monoisotopic (exact) mass is 224 g/mol. The van der Waals surface area contributed by atoms with Gasteiger partial charge in [-0.1, -0.05) is 26.0 Å². The average molecular weight is 224 g/mol. The number of hydrogen-bond acceptors (Lipinski definition) is 2. The second-order valence-corrected chi connectivity index (χ2v) is 4.38. The Kier molecular flexibility index (Phi) is 4.01. The van der Waals surface area contributed by atoms with E-state index in [1.165, 1.54) is 12.1 Å². The zero-order valence-electron chi connectivity index (χ0n) is 9.59. The molecule has 0 saturated carbocycles. The molecular formula is C12H17FN2O. The van der Waals surface area contributed by atoms with Gasteiger partial charge in [-0.15, -0.1) is 0 Å². The lowest BCUT2D eigenvalue weighted by Crippen LogP contribution is -2.39. The third-order valence-corrected chi connectivity index (χ3v) is 2.52. The van der Waals surface area contributed by atoms with Gasteiger partial charge in [0.25, 0.3) is 0 Å². The Bertz CT molecular complexity index is 377. The molecule has 0 aliphatic carbocycles. The van der Waals surface area contributed by atoms with Crippen molar-refractivity contribution in [2.45, 2.75) is 19.3 Å². The first-order valence-electron chi connectivity index (χ1n) is 5.18. The molecule has 3 nitrogen and oxygen atoms in total. The molecule has 0 saturated heterocycles. The van der Waals surface area contributed by atoms with Crippen molar-refractivity contribution < 1.29 is 9.18 Å². The van der Waals surface area contributed by atoms with Crippen LogP contribution >= 0.6 is 0 Å². The van der Waals surface area contributed by atoms with E-state index in [0.29, 0.717) is 6.54 Å². The second-order valence-electron chi connectivity index (χ2n) is 4.38. The molecule has 0 unspecified atom stereocenters. The number of nitrogens with one attached hydrogen (secondary N) is 1. The lowest BCUT2D eigenvalue weighted by Gasteiger charge is -2.25. The third kappa shape index (κ3) is 3.31. The second kappa shape index (κ2) is 5.07. The number of hydrogen-bond donors (Lipinski definition) is 2. The van der Waals surface area contributed by atoms with E-state index in [-0.39, 0.29) is 23.7 Å². The summed E-state index contributed by atoms with van der Waals surface area (Å²) in [5.41, 5.74) is 5.73. The van der Waals surface area contributed by atoms with E-state index >= 15 is 0 Å². The normalized spacial score (nSPS) is 11.2. The van der Waals surface area contributed by atoms with Crippen LogP contribution in [-0.2, 0) is 10.2 Å². The van der Waals surface area contributed by atoms with Crippen LogP contribution in [0.25, 0.3) is 0 Å². The Labute approximate surface area is 94.8 Å². The molecular weight excluding hydrogens is 207 g/mol. The summed E-state index contributed by atoms with van der Waals surface area (Å²) in [7, 11) is 0. The molecule has 0 aliphatic rings. The number of halogens is 1. The van der Waals surface area contributed by atoms with E-state index in [2.05, 4.69) is 5.32 Å². The van der Waals surface area contributed by atoms with E-state index in [0.717, 1.165) is 5.56 Å². The number of nitrogens with two attached hydrogens (primary N) is 1. The molecule has 0 radical (unpaired) electrons. The maximum absolute atomic E-state index is 13.1.